The highest BCUT2D eigenvalue weighted by molar-refractivity contribution is 6.30. The lowest BCUT2D eigenvalue weighted by atomic mass is 9.96. The smallest absolute Gasteiger partial charge is 0.162 e. The zero-order chi connectivity index (χ0) is 12.3. The van der Waals surface area contributed by atoms with Crippen molar-refractivity contribution >= 4 is 11.6 Å². The van der Waals surface area contributed by atoms with Gasteiger partial charge >= 0.3 is 0 Å². The topological polar surface area (TPSA) is 32.1 Å². The molecule has 1 saturated heterocycles. The fraction of sp³-hybridized carbons (Fsp3) is 0.571. The first kappa shape index (κ1) is 12.9. The summed E-state index contributed by atoms with van der Waals surface area (Å²) in [5, 5.41) is 0.818. The van der Waals surface area contributed by atoms with E-state index < -0.39 is 0 Å². The van der Waals surface area contributed by atoms with E-state index in [1.54, 1.807) is 4.90 Å². The van der Waals surface area contributed by atoms with Crippen molar-refractivity contribution in [1.82, 2.24) is 0 Å². The van der Waals surface area contributed by atoms with Crippen molar-refractivity contribution in [1.29, 1.82) is 0 Å². The highest BCUT2D eigenvalue weighted by Crippen LogP contribution is 2.15. The van der Waals surface area contributed by atoms with Crippen LogP contribution in [0.1, 0.15) is 31.4 Å². The molecule has 3 heteroatoms. The SMILES string of the molecule is C[C@@H]1CCC[NH+]([C@@H](C[NH3+])c2ccc(Cl)cc2)C1. The van der Waals surface area contributed by atoms with E-state index in [1.165, 1.54) is 31.5 Å². The maximum absolute atomic E-state index is 5.95. The second-order valence-corrected chi connectivity index (χ2v) is 5.69. The number of piperidine rings is 1. The van der Waals surface area contributed by atoms with Gasteiger partial charge in [0.1, 0.15) is 6.54 Å². The summed E-state index contributed by atoms with van der Waals surface area (Å²) in [6, 6.07) is 8.84. The molecular weight excluding hydrogens is 232 g/mol. The minimum Gasteiger partial charge on any atom is -0.352 e. The first-order valence-corrected chi connectivity index (χ1v) is 6.97. The van der Waals surface area contributed by atoms with Crippen LogP contribution >= 0.6 is 11.6 Å². The van der Waals surface area contributed by atoms with Crippen molar-refractivity contribution in [2.45, 2.75) is 25.8 Å². The van der Waals surface area contributed by atoms with Crippen LogP contribution in [0.15, 0.2) is 24.3 Å². The monoisotopic (exact) mass is 254 g/mol. The lowest BCUT2D eigenvalue weighted by Crippen LogP contribution is -3.15. The van der Waals surface area contributed by atoms with Crippen molar-refractivity contribution in [3.63, 3.8) is 0 Å². The molecule has 0 radical (unpaired) electrons. The Bertz CT molecular complexity index is 350. The van der Waals surface area contributed by atoms with E-state index in [2.05, 4.69) is 24.8 Å². The van der Waals surface area contributed by atoms with Crippen LogP contribution < -0.4 is 10.6 Å². The first-order chi connectivity index (χ1) is 8.20. The Hall–Kier alpha value is -0.570. The molecule has 1 aliphatic heterocycles. The Morgan fingerprint density at radius 3 is 2.71 bits per heavy atom. The summed E-state index contributed by atoms with van der Waals surface area (Å²) >= 11 is 5.95. The molecule has 2 rings (SSSR count). The Morgan fingerprint density at radius 1 is 1.41 bits per heavy atom. The average Bonchev–Trinajstić information content (AvgIpc) is 2.33. The van der Waals surface area contributed by atoms with Crippen LogP contribution in [-0.2, 0) is 0 Å². The van der Waals surface area contributed by atoms with Gasteiger partial charge < -0.3 is 10.6 Å². The van der Waals surface area contributed by atoms with E-state index in [0.717, 1.165) is 17.5 Å². The number of hydrogen-bond donors (Lipinski definition) is 2. The molecule has 0 amide bonds. The molecule has 2 nitrogen and oxygen atoms in total. The summed E-state index contributed by atoms with van der Waals surface area (Å²) < 4.78 is 0. The summed E-state index contributed by atoms with van der Waals surface area (Å²) in [6.07, 6.45) is 2.73. The second kappa shape index (κ2) is 5.85. The number of quaternary nitrogens is 2. The molecule has 3 atom stereocenters. The predicted molar refractivity (Wildman–Crippen MR) is 71.0 cm³/mol. The Labute approximate surface area is 109 Å². The molecule has 4 N–H and O–H groups in total. The van der Waals surface area contributed by atoms with Crippen LogP contribution in [0.5, 0.6) is 0 Å². The van der Waals surface area contributed by atoms with E-state index >= 15 is 0 Å². The average molecular weight is 255 g/mol. The normalized spacial score (nSPS) is 26.8. The zero-order valence-corrected chi connectivity index (χ0v) is 11.3. The van der Waals surface area contributed by atoms with Gasteiger partial charge in [-0.3, -0.25) is 0 Å². The molecule has 1 unspecified atom stereocenters. The summed E-state index contributed by atoms with van der Waals surface area (Å²) in [5.41, 5.74) is 5.51. The summed E-state index contributed by atoms with van der Waals surface area (Å²) in [5.74, 6) is 0.847. The van der Waals surface area contributed by atoms with Gasteiger partial charge in [0.2, 0.25) is 0 Å². The van der Waals surface area contributed by atoms with Crippen molar-refractivity contribution in [3.8, 4) is 0 Å². The fourth-order valence-electron chi connectivity index (χ4n) is 2.95. The van der Waals surface area contributed by atoms with Gasteiger partial charge in [-0.05, 0) is 25.0 Å². The largest absolute Gasteiger partial charge is 0.352 e. The van der Waals surface area contributed by atoms with E-state index in [4.69, 9.17) is 11.6 Å². The fourth-order valence-corrected chi connectivity index (χ4v) is 3.07. The minimum atomic E-state index is 0.537. The van der Waals surface area contributed by atoms with Crippen molar-refractivity contribution in [3.05, 3.63) is 34.9 Å². The van der Waals surface area contributed by atoms with Gasteiger partial charge in [-0.2, -0.15) is 0 Å². The number of likely N-dealkylation sites (tertiary alicyclic amines) is 1. The van der Waals surface area contributed by atoms with Crippen LogP contribution in [0.25, 0.3) is 0 Å². The Kier molecular flexibility index (Phi) is 4.43. The van der Waals surface area contributed by atoms with E-state index in [1.807, 2.05) is 12.1 Å². The Morgan fingerprint density at radius 2 is 2.12 bits per heavy atom. The summed E-state index contributed by atoms with van der Waals surface area (Å²) in [4.78, 5) is 1.70. The molecule has 17 heavy (non-hydrogen) atoms. The van der Waals surface area contributed by atoms with Crippen molar-refractivity contribution in [2.24, 2.45) is 5.92 Å². The molecule has 1 aromatic carbocycles. The zero-order valence-electron chi connectivity index (χ0n) is 10.6. The van der Waals surface area contributed by atoms with E-state index in [-0.39, 0.29) is 0 Å². The first-order valence-electron chi connectivity index (χ1n) is 6.60. The Balaban J connectivity index is 2.12. The molecule has 0 bridgehead atoms. The van der Waals surface area contributed by atoms with Gasteiger partial charge in [-0.1, -0.05) is 30.7 Å². The van der Waals surface area contributed by atoms with Gasteiger partial charge in [0.05, 0.1) is 13.1 Å². The quantitative estimate of drug-likeness (QED) is 0.805. The molecule has 1 aromatic rings. The van der Waals surface area contributed by atoms with Crippen molar-refractivity contribution in [2.75, 3.05) is 19.6 Å². The number of halogens is 1. The lowest BCUT2D eigenvalue weighted by molar-refractivity contribution is -0.945. The number of rotatable bonds is 3. The number of nitrogens with one attached hydrogen (secondary N) is 1. The van der Waals surface area contributed by atoms with E-state index in [9.17, 15) is 0 Å². The molecule has 1 fully saturated rings. The third kappa shape index (κ3) is 3.21. The van der Waals surface area contributed by atoms with Gasteiger partial charge in [-0.15, -0.1) is 0 Å². The standard InChI is InChI=1S/C14H21ClN2/c1-11-3-2-8-17(10-11)14(9-16)12-4-6-13(15)7-5-12/h4-7,11,14H,2-3,8-10,16H2,1H3/p+2/t11-,14+/m1/s1. The number of benzene rings is 1. The summed E-state index contributed by atoms with van der Waals surface area (Å²) in [6.45, 7) is 5.89. The molecule has 1 heterocycles. The van der Waals surface area contributed by atoms with Gasteiger partial charge in [0.25, 0.3) is 0 Å². The molecule has 0 aliphatic carbocycles. The molecular formula is C14H23ClN2+2. The lowest BCUT2D eigenvalue weighted by Gasteiger charge is -2.33. The van der Waals surface area contributed by atoms with Crippen LogP contribution in [0.2, 0.25) is 5.02 Å². The maximum Gasteiger partial charge on any atom is 0.162 e. The second-order valence-electron chi connectivity index (χ2n) is 5.25. The van der Waals surface area contributed by atoms with Gasteiger partial charge in [-0.25, -0.2) is 0 Å². The van der Waals surface area contributed by atoms with Crippen molar-refractivity contribution < 1.29 is 10.6 Å². The van der Waals surface area contributed by atoms with Crippen LogP contribution in [0, 0.1) is 5.92 Å². The highest BCUT2D eigenvalue weighted by atomic mass is 35.5. The molecule has 0 spiro atoms. The van der Waals surface area contributed by atoms with E-state index in [0.29, 0.717) is 6.04 Å². The third-order valence-electron chi connectivity index (χ3n) is 3.86. The highest BCUT2D eigenvalue weighted by Gasteiger charge is 2.28. The predicted octanol–water partition coefficient (Wildman–Crippen LogP) is 0.938. The van der Waals surface area contributed by atoms with Gasteiger partial charge in [0.15, 0.2) is 6.04 Å². The van der Waals surface area contributed by atoms with Crippen LogP contribution in [0.4, 0.5) is 0 Å². The third-order valence-corrected chi connectivity index (χ3v) is 4.11. The summed E-state index contributed by atoms with van der Waals surface area (Å²) in [7, 11) is 0. The molecule has 1 aliphatic rings. The molecule has 0 saturated carbocycles. The van der Waals surface area contributed by atoms with Crippen LogP contribution in [-0.4, -0.2) is 19.6 Å². The minimum absolute atomic E-state index is 0.537. The maximum atomic E-state index is 5.95. The van der Waals surface area contributed by atoms with Crippen LogP contribution in [0.3, 0.4) is 0 Å². The number of hydrogen-bond acceptors (Lipinski definition) is 0. The molecule has 94 valence electrons. The van der Waals surface area contributed by atoms with Gasteiger partial charge in [0, 0.05) is 16.5 Å². The molecule has 0 aromatic heterocycles.